The molecule has 8 heteroatoms. The Labute approximate surface area is 203 Å². The Morgan fingerprint density at radius 1 is 1.23 bits per heavy atom. The zero-order chi connectivity index (χ0) is 25.0. The minimum absolute atomic E-state index is 0. The molecule has 1 fully saturated rings. The molecule has 0 bridgehead atoms. The van der Waals surface area contributed by atoms with E-state index in [0.717, 1.165) is 40.7 Å². The van der Waals surface area contributed by atoms with Crippen LogP contribution in [0.25, 0.3) is 11.1 Å². The maximum Gasteiger partial charge on any atom is 0.393 e. The number of aliphatic imine (C=N–C) groups is 1. The topological polar surface area (TPSA) is 59.3 Å². The first-order valence-electron chi connectivity index (χ1n) is 11.4. The lowest BCUT2D eigenvalue weighted by molar-refractivity contribution is -0.127. The van der Waals surface area contributed by atoms with E-state index < -0.39 is 12.6 Å². The minimum Gasteiger partial charge on any atom is -0.347 e. The second kappa shape index (κ2) is 10.3. The van der Waals surface area contributed by atoms with Gasteiger partial charge < -0.3 is 5.32 Å². The molecule has 0 spiro atoms. The van der Waals surface area contributed by atoms with E-state index in [0.29, 0.717) is 18.2 Å². The lowest BCUT2D eigenvalue weighted by Crippen LogP contribution is -2.29. The van der Waals surface area contributed by atoms with Crippen LogP contribution in [0.4, 0.5) is 13.2 Å². The van der Waals surface area contributed by atoms with Crippen molar-refractivity contribution in [1.82, 2.24) is 15.1 Å². The average Bonchev–Trinajstić information content (AvgIpc) is 3.56. The molecule has 1 aliphatic rings. The first kappa shape index (κ1) is 24.4. The number of alkyl halides is 3. The standard InChI is InChI=1S/C27H27F3N4O.H2/c1-3-25(35)32-16-24(31-2)26-20(13-18-7-9-19(10-8-18)14-27(28,29)30)5-4-6-23(26)21-15-33-34(17-21)22-11-12-22;/h3-10,15,17,22H,1,11-14,16H2,2H3,(H,32,35);1H. The highest BCUT2D eigenvalue weighted by atomic mass is 19.4. The molecule has 1 amide bonds. The van der Waals surface area contributed by atoms with Gasteiger partial charge in [0.05, 0.1) is 30.9 Å². The van der Waals surface area contributed by atoms with Crippen LogP contribution in [0.3, 0.4) is 0 Å². The van der Waals surface area contributed by atoms with Gasteiger partial charge >= 0.3 is 6.18 Å². The summed E-state index contributed by atoms with van der Waals surface area (Å²) >= 11 is 0. The lowest BCUT2D eigenvalue weighted by atomic mass is 9.90. The van der Waals surface area contributed by atoms with Crippen LogP contribution in [-0.4, -0.2) is 41.2 Å². The number of carbonyl (C=O) groups excluding carboxylic acids is 1. The van der Waals surface area contributed by atoms with Gasteiger partial charge in [0.25, 0.3) is 0 Å². The van der Waals surface area contributed by atoms with E-state index >= 15 is 0 Å². The normalized spacial score (nSPS) is 14.1. The van der Waals surface area contributed by atoms with E-state index in [-0.39, 0.29) is 19.4 Å². The number of nitrogens with one attached hydrogen (secondary N) is 1. The van der Waals surface area contributed by atoms with Crippen molar-refractivity contribution in [1.29, 1.82) is 0 Å². The number of aromatic nitrogens is 2. The molecule has 0 atom stereocenters. The molecule has 184 valence electrons. The summed E-state index contributed by atoms with van der Waals surface area (Å²) in [5, 5.41) is 7.32. The van der Waals surface area contributed by atoms with Gasteiger partial charge in [0.2, 0.25) is 5.91 Å². The second-order valence-electron chi connectivity index (χ2n) is 8.66. The third kappa shape index (κ3) is 6.26. The van der Waals surface area contributed by atoms with E-state index in [4.69, 9.17) is 0 Å². The number of hydrogen-bond acceptors (Lipinski definition) is 3. The Hall–Kier alpha value is -3.68. The van der Waals surface area contributed by atoms with Gasteiger partial charge in [-0.05, 0) is 47.6 Å². The molecule has 1 saturated carbocycles. The molecule has 2 aromatic carbocycles. The van der Waals surface area contributed by atoms with Crippen LogP contribution in [0.1, 0.15) is 42.6 Å². The van der Waals surface area contributed by atoms with Crippen molar-refractivity contribution >= 4 is 11.6 Å². The van der Waals surface area contributed by atoms with Gasteiger partial charge in [0.1, 0.15) is 0 Å². The highest BCUT2D eigenvalue weighted by molar-refractivity contribution is 6.09. The van der Waals surface area contributed by atoms with Crippen molar-refractivity contribution in [3.05, 3.63) is 89.8 Å². The van der Waals surface area contributed by atoms with Crippen LogP contribution in [0.2, 0.25) is 0 Å². The maximum atomic E-state index is 12.7. The molecule has 1 aliphatic carbocycles. The fourth-order valence-electron chi connectivity index (χ4n) is 4.09. The molecule has 1 N–H and O–H groups in total. The number of nitrogens with zero attached hydrogens (tertiary/aromatic N) is 3. The number of amides is 1. The number of halogens is 3. The van der Waals surface area contributed by atoms with Crippen molar-refractivity contribution in [2.45, 2.75) is 37.9 Å². The quantitative estimate of drug-likeness (QED) is 0.321. The summed E-state index contributed by atoms with van der Waals surface area (Å²) in [7, 11) is 1.68. The van der Waals surface area contributed by atoms with Gasteiger partial charge in [0.15, 0.2) is 0 Å². The average molecular weight is 483 g/mol. The zero-order valence-electron chi connectivity index (χ0n) is 19.5. The summed E-state index contributed by atoms with van der Waals surface area (Å²) in [6.07, 6.45) is 2.62. The SMILES string of the molecule is C=CC(=O)NCC(=NC)c1c(Cc2ccc(CC(F)(F)F)cc2)cccc1-c1cnn(C2CC2)c1.[HH]. The molecule has 3 aromatic rings. The van der Waals surface area contributed by atoms with E-state index in [2.05, 4.69) is 22.0 Å². The van der Waals surface area contributed by atoms with Crippen molar-refractivity contribution < 1.29 is 19.4 Å². The summed E-state index contributed by atoms with van der Waals surface area (Å²) in [5.41, 5.74) is 5.53. The summed E-state index contributed by atoms with van der Waals surface area (Å²) in [6, 6.07) is 12.9. The molecule has 35 heavy (non-hydrogen) atoms. The number of hydrogen-bond donors (Lipinski definition) is 1. The molecular weight excluding hydrogens is 453 g/mol. The van der Waals surface area contributed by atoms with Gasteiger partial charge in [-0.1, -0.05) is 49.0 Å². The summed E-state index contributed by atoms with van der Waals surface area (Å²) in [6.45, 7) is 3.71. The maximum absolute atomic E-state index is 12.7. The smallest absolute Gasteiger partial charge is 0.347 e. The number of rotatable bonds is 9. The summed E-state index contributed by atoms with van der Waals surface area (Å²) in [5.74, 6) is -0.299. The minimum atomic E-state index is -4.24. The highest BCUT2D eigenvalue weighted by Crippen LogP contribution is 2.36. The molecule has 0 aliphatic heterocycles. The molecular formula is C27H29F3N4O. The van der Waals surface area contributed by atoms with Crippen LogP contribution in [-0.2, 0) is 17.6 Å². The first-order valence-corrected chi connectivity index (χ1v) is 11.4. The van der Waals surface area contributed by atoms with Crippen LogP contribution in [0, 0.1) is 0 Å². The van der Waals surface area contributed by atoms with Crippen molar-refractivity contribution in [2.24, 2.45) is 4.99 Å². The lowest BCUT2D eigenvalue weighted by Gasteiger charge is -2.17. The van der Waals surface area contributed by atoms with E-state index in [1.54, 1.807) is 19.2 Å². The monoisotopic (exact) mass is 482 g/mol. The Kier molecular flexibility index (Phi) is 7.19. The fraction of sp³-hybridized carbons (Fsp3) is 0.296. The molecule has 5 nitrogen and oxygen atoms in total. The Morgan fingerprint density at radius 2 is 1.94 bits per heavy atom. The molecule has 0 radical (unpaired) electrons. The number of benzene rings is 2. The van der Waals surface area contributed by atoms with E-state index in [1.165, 1.54) is 18.2 Å². The highest BCUT2D eigenvalue weighted by Gasteiger charge is 2.27. The van der Waals surface area contributed by atoms with E-state index in [1.807, 2.05) is 35.3 Å². The van der Waals surface area contributed by atoms with Gasteiger partial charge in [-0.15, -0.1) is 0 Å². The van der Waals surface area contributed by atoms with Crippen LogP contribution in [0.5, 0.6) is 0 Å². The summed E-state index contributed by atoms with van der Waals surface area (Å²) in [4.78, 5) is 16.3. The Balaban J connectivity index is 0.00000361. The van der Waals surface area contributed by atoms with Gasteiger partial charge in [-0.3, -0.25) is 14.5 Å². The largest absolute Gasteiger partial charge is 0.393 e. The van der Waals surface area contributed by atoms with E-state index in [9.17, 15) is 18.0 Å². The van der Waals surface area contributed by atoms with Crippen LogP contribution >= 0.6 is 0 Å². The first-order chi connectivity index (χ1) is 16.8. The Morgan fingerprint density at radius 3 is 2.57 bits per heavy atom. The van der Waals surface area contributed by atoms with Gasteiger partial charge in [-0.25, -0.2) is 0 Å². The predicted octanol–water partition coefficient (Wildman–Crippen LogP) is 5.55. The van der Waals surface area contributed by atoms with Crippen LogP contribution < -0.4 is 5.32 Å². The van der Waals surface area contributed by atoms with Gasteiger partial charge in [-0.2, -0.15) is 18.3 Å². The van der Waals surface area contributed by atoms with Crippen molar-refractivity contribution in [2.75, 3.05) is 13.6 Å². The van der Waals surface area contributed by atoms with Crippen LogP contribution in [0.15, 0.2) is 72.5 Å². The third-order valence-electron chi connectivity index (χ3n) is 5.98. The predicted molar refractivity (Wildman–Crippen MR) is 133 cm³/mol. The third-order valence-corrected chi connectivity index (χ3v) is 5.98. The van der Waals surface area contributed by atoms with Gasteiger partial charge in [0, 0.05) is 25.8 Å². The second-order valence-corrected chi connectivity index (χ2v) is 8.66. The fourth-order valence-corrected chi connectivity index (χ4v) is 4.09. The number of carbonyl (C=O) groups is 1. The van der Waals surface area contributed by atoms with Crippen molar-refractivity contribution in [3.8, 4) is 11.1 Å². The molecule has 0 saturated heterocycles. The van der Waals surface area contributed by atoms with Crippen molar-refractivity contribution in [3.63, 3.8) is 0 Å². The molecule has 1 heterocycles. The summed E-state index contributed by atoms with van der Waals surface area (Å²) < 4.78 is 40.2. The molecule has 4 rings (SSSR count). The zero-order valence-corrected chi connectivity index (χ0v) is 19.5. The molecule has 0 unspecified atom stereocenters. The molecule has 1 aromatic heterocycles. The Bertz CT molecular complexity index is 1240.